The van der Waals surface area contributed by atoms with Gasteiger partial charge >= 0.3 is 6.03 Å². The van der Waals surface area contributed by atoms with Crippen LogP contribution in [-0.2, 0) is 0 Å². The zero-order chi connectivity index (χ0) is 19.5. The van der Waals surface area contributed by atoms with Crippen molar-refractivity contribution in [2.24, 2.45) is 0 Å². The number of nitrogens with zero attached hydrogens (tertiary/aromatic N) is 3. The number of carbonyl (C=O) groups is 1. The average molecular weight is 373 g/mol. The van der Waals surface area contributed by atoms with Crippen molar-refractivity contribution in [3.8, 4) is 17.0 Å². The monoisotopic (exact) mass is 373 g/mol. The Kier molecular flexibility index (Phi) is 4.63. The molecule has 7 heteroatoms. The van der Waals surface area contributed by atoms with Crippen LogP contribution in [0.1, 0.15) is 11.3 Å². The fraction of sp³-hybridized carbons (Fsp3) is 0.0952. The van der Waals surface area contributed by atoms with Crippen LogP contribution in [0.15, 0.2) is 71.4 Å². The number of furan rings is 1. The highest BCUT2D eigenvalue weighted by atomic mass is 16.3. The van der Waals surface area contributed by atoms with E-state index in [-0.39, 0.29) is 6.03 Å². The van der Waals surface area contributed by atoms with E-state index in [0.717, 1.165) is 34.0 Å². The summed E-state index contributed by atoms with van der Waals surface area (Å²) < 4.78 is 7.31. The highest BCUT2D eigenvalue weighted by Gasteiger charge is 2.09. The van der Waals surface area contributed by atoms with Crippen LogP contribution in [0.2, 0.25) is 0 Å². The molecule has 0 atom stereocenters. The second-order valence-electron chi connectivity index (χ2n) is 6.41. The van der Waals surface area contributed by atoms with Gasteiger partial charge in [0.25, 0.3) is 0 Å². The van der Waals surface area contributed by atoms with E-state index in [0.29, 0.717) is 5.69 Å². The Balaban J connectivity index is 1.46. The summed E-state index contributed by atoms with van der Waals surface area (Å²) in [5.41, 5.74) is 4.13. The van der Waals surface area contributed by atoms with Crippen LogP contribution in [0.5, 0.6) is 0 Å². The van der Waals surface area contributed by atoms with Crippen LogP contribution in [0.3, 0.4) is 0 Å². The molecule has 4 aromatic rings. The zero-order valence-electron chi connectivity index (χ0n) is 15.5. The van der Waals surface area contributed by atoms with E-state index in [1.54, 1.807) is 17.1 Å². The first kappa shape index (κ1) is 17.5. The van der Waals surface area contributed by atoms with E-state index in [2.05, 4.69) is 20.9 Å². The van der Waals surface area contributed by atoms with Crippen molar-refractivity contribution in [2.45, 2.75) is 13.8 Å². The molecule has 0 fully saturated rings. The lowest BCUT2D eigenvalue weighted by Gasteiger charge is -2.11. The second kappa shape index (κ2) is 7.40. The first-order valence-corrected chi connectivity index (χ1v) is 8.81. The molecule has 4 rings (SSSR count). The fourth-order valence-electron chi connectivity index (χ4n) is 2.83. The highest BCUT2D eigenvalue weighted by molar-refractivity contribution is 6.00. The van der Waals surface area contributed by atoms with Crippen molar-refractivity contribution in [3.05, 3.63) is 78.3 Å². The third-order valence-corrected chi connectivity index (χ3v) is 4.32. The van der Waals surface area contributed by atoms with Gasteiger partial charge in [0, 0.05) is 16.9 Å². The second-order valence-corrected chi connectivity index (χ2v) is 6.41. The van der Waals surface area contributed by atoms with Crippen LogP contribution < -0.4 is 10.6 Å². The number of hydrogen-bond donors (Lipinski definition) is 2. The molecule has 0 saturated heterocycles. The number of aryl methyl sites for hydroxylation is 2. The molecule has 2 aromatic carbocycles. The Labute approximate surface area is 162 Å². The zero-order valence-corrected chi connectivity index (χ0v) is 15.5. The lowest BCUT2D eigenvalue weighted by atomic mass is 10.1. The molecule has 2 amide bonds. The Bertz CT molecular complexity index is 1100. The minimum Gasteiger partial charge on any atom is -0.461 e. The SMILES string of the molecule is Cc1ccc(-c2ccc(C)c(NC(=O)Nc3ccc(-n4ccnn4)cc3)c2)o1. The predicted molar refractivity (Wildman–Crippen MR) is 108 cm³/mol. The predicted octanol–water partition coefficient (Wildman–Crippen LogP) is 4.79. The molecule has 28 heavy (non-hydrogen) atoms. The van der Waals surface area contributed by atoms with E-state index in [1.807, 2.05) is 68.4 Å². The smallest absolute Gasteiger partial charge is 0.323 e. The lowest BCUT2D eigenvalue weighted by Crippen LogP contribution is -2.20. The van der Waals surface area contributed by atoms with Gasteiger partial charge in [-0.15, -0.1) is 5.10 Å². The summed E-state index contributed by atoms with van der Waals surface area (Å²) >= 11 is 0. The van der Waals surface area contributed by atoms with Crippen molar-refractivity contribution in [1.29, 1.82) is 0 Å². The van der Waals surface area contributed by atoms with Gasteiger partial charge in [0.05, 0.1) is 18.1 Å². The molecule has 0 aliphatic rings. The Morgan fingerprint density at radius 3 is 2.50 bits per heavy atom. The number of amides is 2. The summed E-state index contributed by atoms with van der Waals surface area (Å²) in [5.74, 6) is 1.61. The topological polar surface area (TPSA) is 85.0 Å². The molecule has 2 N–H and O–H groups in total. The molecule has 0 spiro atoms. The number of benzene rings is 2. The molecule has 2 heterocycles. The third kappa shape index (κ3) is 3.78. The Hall–Kier alpha value is -3.87. The molecule has 0 aliphatic carbocycles. The molecule has 0 aliphatic heterocycles. The lowest BCUT2D eigenvalue weighted by molar-refractivity contribution is 0.262. The van der Waals surface area contributed by atoms with E-state index >= 15 is 0 Å². The number of hydrogen-bond acceptors (Lipinski definition) is 4. The number of urea groups is 1. The standard InChI is InChI=1S/C21H19N5O2/c1-14-3-5-16(20-10-4-15(2)28-20)13-19(14)24-21(27)23-17-6-8-18(9-7-17)26-12-11-22-25-26/h3-13H,1-2H3,(H2,23,24,27). The first-order chi connectivity index (χ1) is 13.6. The van der Waals surface area contributed by atoms with Gasteiger partial charge < -0.3 is 15.1 Å². The van der Waals surface area contributed by atoms with Crippen LogP contribution in [0.25, 0.3) is 17.0 Å². The molecule has 0 saturated carbocycles. The maximum absolute atomic E-state index is 12.4. The van der Waals surface area contributed by atoms with E-state index in [1.165, 1.54) is 0 Å². The van der Waals surface area contributed by atoms with E-state index < -0.39 is 0 Å². The summed E-state index contributed by atoms with van der Waals surface area (Å²) in [5, 5.41) is 13.5. The summed E-state index contributed by atoms with van der Waals surface area (Å²) in [6.45, 7) is 3.85. The van der Waals surface area contributed by atoms with Crippen molar-refractivity contribution in [2.75, 3.05) is 10.6 Å². The number of aromatic nitrogens is 3. The Morgan fingerprint density at radius 1 is 1.00 bits per heavy atom. The van der Waals surface area contributed by atoms with Crippen molar-refractivity contribution in [1.82, 2.24) is 15.0 Å². The first-order valence-electron chi connectivity index (χ1n) is 8.81. The van der Waals surface area contributed by atoms with Crippen molar-refractivity contribution >= 4 is 17.4 Å². The number of nitrogens with one attached hydrogen (secondary N) is 2. The van der Waals surface area contributed by atoms with Crippen molar-refractivity contribution in [3.63, 3.8) is 0 Å². The molecular weight excluding hydrogens is 354 g/mol. The minimum atomic E-state index is -0.315. The normalized spacial score (nSPS) is 10.6. The highest BCUT2D eigenvalue weighted by Crippen LogP contribution is 2.27. The van der Waals surface area contributed by atoms with Gasteiger partial charge in [-0.2, -0.15) is 0 Å². The van der Waals surface area contributed by atoms with Gasteiger partial charge in [-0.05, 0) is 61.9 Å². The maximum atomic E-state index is 12.4. The largest absolute Gasteiger partial charge is 0.461 e. The van der Waals surface area contributed by atoms with Gasteiger partial charge in [-0.3, -0.25) is 0 Å². The number of rotatable bonds is 4. The van der Waals surface area contributed by atoms with Crippen LogP contribution >= 0.6 is 0 Å². The van der Waals surface area contributed by atoms with Crippen LogP contribution in [-0.4, -0.2) is 21.0 Å². The molecule has 0 radical (unpaired) electrons. The third-order valence-electron chi connectivity index (χ3n) is 4.32. The molecule has 7 nitrogen and oxygen atoms in total. The van der Waals surface area contributed by atoms with E-state index in [4.69, 9.17) is 4.42 Å². The van der Waals surface area contributed by atoms with Crippen LogP contribution in [0.4, 0.5) is 16.2 Å². The van der Waals surface area contributed by atoms with Gasteiger partial charge in [0.15, 0.2) is 0 Å². The van der Waals surface area contributed by atoms with Crippen LogP contribution in [0, 0.1) is 13.8 Å². The van der Waals surface area contributed by atoms with Gasteiger partial charge in [0.2, 0.25) is 0 Å². The molecule has 2 aromatic heterocycles. The minimum absolute atomic E-state index is 0.315. The van der Waals surface area contributed by atoms with Gasteiger partial charge in [-0.25, -0.2) is 9.48 Å². The van der Waals surface area contributed by atoms with Gasteiger partial charge in [0.1, 0.15) is 11.5 Å². The summed E-state index contributed by atoms with van der Waals surface area (Å²) in [7, 11) is 0. The average Bonchev–Trinajstić information content (AvgIpc) is 3.36. The number of carbonyl (C=O) groups excluding carboxylic acids is 1. The van der Waals surface area contributed by atoms with Crippen molar-refractivity contribution < 1.29 is 9.21 Å². The van der Waals surface area contributed by atoms with E-state index in [9.17, 15) is 4.79 Å². The maximum Gasteiger partial charge on any atom is 0.323 e. The fourth-order valence-corrected chi connectivity index (χ4v) is 2.83. The van der Waals surface area contributed by atoms with Gasteiger partial charge in [-0.1, -0.05) is 17.3 Å². The molecule has 0 unspecified atom stereocenters. The molecule has 140 valence electrons. The summed E-state index contributed by atoms with van der Waals surface area (Å²) in [6.07, 6.45) is 3.37. The summed E-state index contributed by atoms with van der Waals surface area (Å²) in [4.78, 5) is 12.4. The quantitative estimate of drug-likeness (QED) is 0.539. The molecular formula is C21H19N5O2. The number of anilines is 2. The molecule has 0 bridgehead atoms. The summed E-state index contributed by atoms with van der Waals surface area (Å²) in [6, 6.07) is 16.7. The Morgan fingerprint density at radius 2 is 1.82 bits per heavy atom.